The SMILES string of the molecule is C=CCOc1ccc(/C=C2/SC(=Nc3ccc(C)cc3)N(CCC)C2=O)cc1. The summed E-state index contributed by atoms with van der Waals surface area (Å²) in [7, 11) is 0. The van der Waals surface area contributed by atoms with Crippen molar-refractivity contribution < 1.29 is 9.53 Å². The summed E-state index contributed by atoms with van der Waals surface area (Å²) in [6.45, 7) is 8.87. The quantitative estimate of drug-likeness (QED) is 0.457. The Morgan fingerprint density at radius 3 is 2.50 bits per heavy atom. The van der Waals surface area contributed by atoms with Gasteiger partial charge in [-0.3, -0.25) is 9.69 Å². The van der Waals surface area contributed by atoms with Gasteiger partial charge in [-0.15, -0.1) is 0 Å². The molecule has 0 bridgehead atoms. The van der Waals surface area contributed by atoms with Crippen LogP contribution in [0.2, 0.25) is 0 Å². The van der Waals surface area contributed by atoms with Gasteiger partial charge in [0.2, 0.25) is 0 Å². The van der Waals surface area contributed by atoms with Gasteiger partial charge in [0.15, 0.2) is 5.17 Å². The predicted molar refractivity (Wildman–Crippen MR) is 118 cm³/mol. The molecular formula is C23H24N2O2S. The van der Waals surface area contributed by atoms with Crippen LogP contribution in [0.25, 0.3) is 6.08 Å². The third-order valence-corrected chi connectivity index (χ3v) is 5.15. The number of aliphatic imine (C=N–C) groups is 1. The summed E-state index contributed by atoms with van der Waals surface area (Å²) in [5, 5.41) is 0.730. The summed E-state index contributed by atoms with van der Waals surface area (Å²) >= 11 is 1.42. The standard InChI is InChI=1S/C23H24N2O2S/c1-4-14-25-22(26)21(16-18-8-12-20(13-9-18)27-15-5-2)28-23(25)24-19-10-6-17(3)7-11-19/h5-13,16H,2,4,14-15H2,1,3H3/b21-16+,24-23?. The molecule has 0 aliphatic carbocycles. The summed E-state index contributed by atoms with van der Waals surface area (Å²) in [5.74, 6) is 0.784. The van der Waals surface area contributed by atoms with E-state index >= 15 is 0 Å². The number of carbonyl (C=O) groups excluding carboxylic acids is 1. The Labute approximate surface area is 170 Å². The molecule has 0 radical (unpaired) electrons. The zero-order valence-electron chi connectivity index (χ0n) is 16.2. The Morgan fingerprint density at radius 1 is 1.14 bits per heavy atom. The summed E-state index contributed by atoms with van der Waals surface area (Å²) in [5.41, 5.74) is 2.99. The maximum atomic E-state index is 12.9. The van der Waals surface area contributed by atoms with Gasteiger partial charge in [0, 0.05) is 6.54 Å². The molecule has 2 aromatic rings. The van der Waals surface area contributed by atoms with Crippen LogP contribution in [0.1, 0.15) is 24.5 Å². The fourth-order valence-corrected chi connectivity index (χ4v) is 3.73. The monoisotopic (exact) mass is 392 g/mol. The summed E-state index contributed by atoms with van der Waals surface area (Å²) in [6.07, 6.45) is 4.49. The molecule has 1 amide bonds. The number of aryl methyl sites for hydroxylation is 1. The number of thioether (sulfide) groups is 1. The number of rotatable bonds is 7. The van der Waals surface area contributed by atoms with Crippen LogP contribution >= 0.6 is 11.8 Å². The number of benzene rings is 2. The molecular weight excluding hydrogens is 368 g/mol. The smallest absolute Gasteiger partial charge is 0.266 e. The number of ether oxygens (including phenoxy) is 1. The minimum atomic E-state index is 0.00435. The van der Waals surface area contributed by atoms with Crippen molar-refractivity contribution in [1.29, 1.82) is 0 Å². The van der Waals surface area contributed by atoms with E-state index in [0.29, 0.717) is 18.1 Å². The lowest BCUT2D eigenvalue weighted by Crippen LogP contribution is -2.29. The Bertz CT molecular complexity index is 899. The van der Waals surface area contributed by atoms with Gasteiger partial charge in [0.1, 0.15) is 12.4 Å². The van der Waals surface area contributed by atoms with Gasteiger partial charge in [0.05, 0.1) is 10.6 Å². The van der Waals surface area contributed by atoms with E-state index in [1.54, 1.807) is 11.0 Å². The average molecular weight is 393 g/mol. The third-order valence-electron chi connectivity index (χ3n) is 4.14. The number of nitrogens with zero attached hydrogens (tertiary/aromatic N) is 2. The third kappa shape index (κ3) is 4.93. The van der Waals surface area contributed by atoms with E-state index in [9.17, 15) is 4.79 Å². The first-order valence-electron chi connectivity index (χ1n) is 9.31. The number of amidine groups is 1. The second-order valence-electron chi connectivity index (χ2n) is 6.47. The number of hydrogen-bond acceptors (Lipinski definition) is 4. The molecule has 2 aromatic carbocycles. The minimum absolute atomic E-state index is 0.00435. The topological polar surface area (TPSA) is 41.9 Å². The highest BCUT2D eigenvalue weighted by Gasteiger charge is 2.32. The van der Waals surface area contributed by atoms with Crippen molar-refractivity contribution in [2.75, 3.05) is 13.2 Å². The van der Waals surface area contributed by atoms with E-state index in [2.05, 4.69) is 13.5 Å². The van der Waals surface area contributed by atoms with Gasteiger partial charge < -0.3 is 4.74 Å². The molecule has 1 saturated heterocycles. The second-order valence-corrected chi connectivity index (χ2v) is 7.48. The predicted octanol–water partition coefficient (Wildman–Crippen LogP) is 5.57. The first kappa shape index (κ1) is 20.0. The van der Waals surface area contributed by atoms with E-state index in [-0.39, 0.29) is 5.91 Å². The molecule has 28 heavy (non-hydrogen) atoms. The van der Waals surface area contributed by atoms with Gasteiger partial charge in [-0.2, -0.15) is 0 Å². The van der Waals surface area contributed by atoms with Crippen molar-refractivity contribution in [1.82, 2.24) is 4.90 Å². The van der Waals surface area contributed by atoms with E-state index < -0.39 is 0 Å². The molecule has 144 valence electrons. The average Bonchev–Trinajstić information content (AvgIpc) is 2.98. The van der Waals surface area contributed by atoms with Gasteiger partial charge in [-0.05, 0) is 61.0 Å². The van der Waals surface area contributed by atoms with Gasteiger partial charge in [-0.1, -0.05) is 49.4 Å². The lowest BCUT2D eigenvalue weighted by Gasteiger charge is -2.13. The van der Waals surface area contributed by atoms with Gasteiger partial charge in [0.25, 0.3) is 5.91 Å². The molecule has 1 fully saturated rings. The Kier molecular flexibility index (Phi) is 6.71. The van der Waals surface area contributed by atoms with Crippen LogP contribution in [0.4, 0.5) is 5.69 Å². The molecule has 1 aliphatic heterocycles. The molecule has 0 saturated carbocycles. The number of hydrogen-bond donors (Lipinski definition) is 0. The largest absolute Gasteiger partial charge is 0.490 e. The molecule has 1 heterocycles. The van der Waals surface area contributed by atoms with Crippen molar-refractivity contribution in [3.8, 4) is 5.75 Å². The Hall–Kier alpha value is -2.79. The van der Waals surface area contributed by atoms with Crippen molar-refractivity contribution in [3.05, 3.63) is 77.2 Å². The first-order chi connectivity index (χ1) is 13.6. The van der Waals surface area contributed by atoms with Crippen LogP contribution in [0.15, 0.2) is 71.1 Å². The lowest BCUT2D eigenvalue weighted by atomic mass is 10.2. The highest BCUT2D eigenvalue weighted by molar-refractivity contribution is 8.18. The molecule has 3 rings (SSSR count). The molecule has 4 nitrogen and oxygen atoms in total. The zero-order chi connectivity index (χ0) is 19.9. The zero-order valence-corrected chi connectivity index (χ0v) is 17.0. The highest BCUT2D eigenvalue weighted by atomic mass is 32.2. The molecule has 0 aromatic heterocycles. The van der Waals surface area contributed by atoms with Crippen LogP contribution in [-0.4, -0.2) is 29.1 Å². The summed E-state index contributed by atoms with van der Waals surface area (Å²) in [4.78, 5) is 20.0. The van der Waals surface area contributed by atoms with E-state index in [0.717, 1.165) is 28.6 Å². The Balaban J connectivity index is 1.83. The molecule has 1 aliphatic rings. The van der Waals surface area contributed by atoms with E-state index in [1.165, 1.54) is 17.3 Å². The minimum Gasteiger partial charge on any atom is -0.490 e. The van der Waals surface area contributed by atoms with Crippen LogP contribution in [0, 0.1) is 6.92 Å². The van der Waals surface area contributed by atoms with Crippen LogP contribution in [0.5, 0.6) is 5.75 Å². The van der Waals surface area contributed by atoms with E-state index in [1.807, 2.05) is 61.5 Å². The molecule has 0 N–H and O–H groups in total. The van der Waals surface area contributed by atoms with Crippen LogP contribution in [-0.2, 0) is 4.79 Å². The maximum absolute atomic E-state index is 12.9. The Morgan fingerprint density at radius 2 is 1.86 bits per heavy atom. The summed E-state index contributed by atoms with van der Waals surface area (Å²) < 4.78 is 5.50. The van der Waals surface area contributed by atoms with Crippen molar-refractivity contribution in [2.24, 2.45) is 4.99 Å². The summed E-state index contributed by atoms with van der Waals surface area (Å²) in [6, 6.07) is 15.7. The lowest BCUT2D eigenvalue weighted by molar-refractivity contribution is -0.122. The van der Waals surface area contributed by atoms with Crippen molar-refractivity contribution >= 4 is 34.6 Å². The number of carbonyl (C=O) groups is 1. The van der Waals surface area contributed by atoms with Crippen LogP contribution < -0.4 is 4.74 Å². The van der Waals surface area contributed by atoms with E-state index in [4.69, 9.17) is 9.73 Å². The molecule has 0 atom stereocenters. The van der Waals surface area contributed by atoms with Crippen LogP contribution in [0.3, 0.4) is 0 Å². The molecule has 0 spiro atoms. The highest BCUT2D eigenvalue weighted by Crippen LogP contribution is 2.34. The maximum Gasteiger partial charge on any atom is 0.266 e. The fraction of sp³-hybridized carbons (Fsp3) is 0.217. The second kappa shape index (κ2) is 9.42. The normalized spacial score (nSPS) is 16.8. The van der Waals surface area contributed by atoms with Gasteiger partial charge in [-0.25, -0.2) is 4.99 Å². The molecule has 5 heteroatoms. The fourth-order valence-electron chi connectivity index (χ4n) is 2.71. The molecule has 0 unspecified atom stereocenters. The van der Waals surface area contributed by atoms with Gasteiger partial charge >= 0.3 is 0 Å². The van der Waals surface area contributed by atoms with Crippen molar-refractivity contribution in [3.63, 3.8) is 0 Å². The number of amides is 1. The first-order valence-corrected chi connectivity index (χ1v) is 10.1. The van der Waals surface area contributed by atoms with Crippen molar-refractivity contribution in [2.45, 2.75) is 20.3 Å².